The molecular weight excluding hydrogens is 693 g/mol. The van der Waals surface area contributed by atoms with Crippen molar-refractivity contribution < 1.29 is 36.3 Å². The molecule has 2 aliphatic heterocycles. The second kappa shape index (κ2) is 14.8. The molecule has 1 aromatic heterocycles. The van der Waals surface area contributed by atoms with Crippen LogP contribution in [-0.2, 0) is 27.9 Å². The largest absolute Gasteiger partial charge is 0.486 e. The van der Waals surface area contributed by atoms with E-state index in [2.05, 4.69) is 22.9 Å². The monoisotopic (exact) mass is 741 g/mol. The number of piperazine rings is 1. The molecule has 1 N–H and O–H groups in total. The number of hydrogen-bond acceptors (Lipinski definition) is 10. The van der Waals surface area contributed by atoms with E-state index in [1.807, 2.05) is 18.6 Å². The van der Waals surface area contributed by atoms with E-state index in [4.69, 9.17) is 13.9 Å². The van der Waals surface area contributed by atoms with Crippen LogP contribution in [-0.4, -0.2) is 107 Å². The Kier molecular flexibility index (Phi) is 10.7. The van der Waals surface area contributed by atoms with Gasteiger partial charge in [0.2, 0.25) is 0 Å². The number of amides is 2. The van der Waals surface area contributed by atoms with Crippen molar-refractivity contribution in [3.8, 4) is 5.75 Å². The van der Waals surface area contributed by atoms with Crippen molar-refractivity contribution in [2.45, 2.75) is 78.1 Å². The smallest absolute Gasteiger partial charge is 0.341 e. The molecule has 1 saturated heterocycles. The molecule has 52 heavy (non-hydrogen) atoms. The number of halogens is 1. The summed E-state index contributed by atoms with van der Waals surface area (Å²) in [7, 11) is 0.874. The molecule has 1 aliphatic carbocycles. The molecule has 15 heteroatoms. The first kappa shape index (κ1) is 37.7. The summed E-state index contributed by atoms with van der Waals surface area (Å²) >= 11 is 0. The van der Waals surface area contributed by atoms with Crippen molar-refractivity contribution >= 4 is 38.7 Å². The second-order valence-electron chi connectivity index (χ2n) is 14.4. The quantitative estimate of drug-likeness (QED) is 0.306. The summed E-state index contributed by atoms with van der Waals surface area (Å²) in [5.41, 5.74) is 3.27. The summed E-state index contributed by atoms with van der Waals surface area (Å²) in [5, 5.41) is 0.848. The summed E-state index contributed by atoms with van der Waals surface area (Å²) < 4.78 is 62.1. The van der Waals surface area contributed by atoms with Gasteiger partial charge in [0, 0.05) is 63.0 Å². The molecule has 3 aromatic rings. The van der Waals surface area contributed by atoms with Gasteiger partial charge in [-0.1, -0.05) is 0 Å². The zero-order valence-electron chi connectivity index (χ0n) is 30.9. The summed E-state index contributed by atoms with van der Waals surface area (Å²) in [6.45, 7) is 10.4. The van der Waals surface area contributed by atoms with Crippen LogP contribution in [0.4, 0.5) is 10.1 Å². The summed E-state index contributed by atoms with van der Waals surface area (Å²) in [4.78, 5) is 46.7. The highest BCUT2D eigenvalue weighted by molar-refractivity contribution is 7.87. The highest BCUT2D eigenvalue weighted by Gasteiger charge is 2.34. The van der Waals surface area contributed by atoms with Crippen LogP contribution >= 0.6 is 0 Å². The van der Waals surface area contributed by atoms with Crippen LogP contribution in [0.25, 0.3) is 11.0 Å². The fraction of sp³-hybridized carbons (Fsp3) is 0.541. The number of carbonyl (C=O) groups excluding carboxylic acids is 2. The van der Waals surface area contributed by atoms with E-state index in [1.54, 1.807) is 21.0 Å². The number of benzene rings is 2. The van der Waals surface area contributed by atoms with Crippen LogP contribution in [0.3, 0.4) is 0 Å². The number of likely N-dealkylation sites (N-methyl/N-ethyl adjacent to an activating group) is 1. The van der Waals surface area contributed by atoms with Gasteiger partial charge in [0.25, 0.3) is 11.8 Å². The van der Waals surface area contributed by atoms with Gasteiger partial charge in [0.15, 0.2) is 11.6 Å². The normalized spacial score (nSPS) is 18.5. The minimum Gasteiger partial charge on any atom is -0.486 e. The van der Waals surface area contributed by atoms with Crippen molar-refractivity contribution in [1.82, 2.24) is 18.8 Å². The molecule has 282 valence electrons. The first-order chi connectivity index (χ1) is 24.6. The molecule has 3 aliphatic rings. The first-order valence-corrected chi connectivity index (χ1v) is 19.2. The number of ether oxygens (including phenoxy) is 2. The molecule has 2 amide bonds. The highest BCUT2D eigenvalue weighted by atomic mass is 32.2. The van der Waals surface area contributed by atoms with E-state index in [9.17, 15) is 22.8 Å². The van der Waals surface area contributed by atoms with Gasteiger partial charge in [-0.05, 0) is 89.8 Å². The molecule has 0 spiro atoms. The van der Waals surface area contributed by atoms with Gasteiger partial charge in [0.05, 0.1) is 42.0 Å². The molecule has 13 nitrogen and oxygen atoms in total. The first-order valence-electron chi connectivity index (χ1n) is 17.7. The minimum atomic E-state index is -4.24. The Morgan fingerprint density at radius 1 is 1.12 bits per heavy atom. The fourth-order valence-electron chi connectivity index (χ4n) is 7.15. The van der Waals surface area contributed by atoms with Gasteiger partial charge in [-0.15, -0.1) is 0 Å². The average molecular weight is 742 g/mol. The third-order valence-electron chi connectivity index (χ3n) is 10.8. The van der Waals surface area contributed by atoms with Gasteiger partial charge in [-0.3, -0.25) is 14.5 Å². The average Bonchev–Trinajstić information content (AvgIpc) is 3.08. The van der Waals surface area contributed by atoms with Gasteiger partial charge in [-0.25, -0.2) is 13.9 Å². The van der Waals surface area contributed by atoms with Gasteiger partial charge >= 0.3 is 15.8 Å². The van der Waals surface area contributed by atoms with Crippen molar-refractivity contribution in [1.29, 1.82) is 0 Å². The van der Waals surface area contributed by atoms with Gasteiger partial charge in [0.1, 0.15) is 5.58 Å². The Morgan fingerprint density at radius 3 is 2.48 bits per heavy atom. The van der Waals surface area contributed by atoms with Crippen molar-refractivity contribution in [3.05, 3.63) is 67.8 Å². The molecule has 0 bridgehead atoms. The van der Waals surface area contributed by atoms with E-state index in [1.165, 1.54) is 18.0 Å². The molecule has 6 rings (SSSR count). The molecule has 0 unspecified atom stereocenters. The number of hydrogen-bond donors (Lipinski definition) is 1. The SMILES string of the molecule is COC[C@H]1CN(c2cc(C)c3c4c(c(=O)oc3c2C)CN(C(=O)c2ccc(C(=O)NS(=O)(=O)N(C)C(C)C)c(OC3CCC3)c2F)CC4)CCN1C. The Morgan fingerprint density at radius 2 is 1.83 bits per heavy atom. The maximum absolute atomic E-state index is 16.3. The van der Waals surface area contributed by atoms with Crippen molar-refractivity contribution in [2.24, 2.45) is 0 Å². The number of aryl methyl sites for hydroxylation is 2. The number of rotatable bonds is 10. The molecule has 1 saturated carbocycles. The number of nitrogens with one attached hydrogen (secondary N) is 1. The summed E-state index contributed by atoms with van der Waals surface area (Å²) in [5.74, 6) is -3.31. The van der Waals surface area contributed by atoms with Crippen LogP contribution in [0.2, 0.25) is 0 Å². The van der Waals surface area contributed by atoms with Crippen molar-refractivity contribution in [3.63, 3.8) is 0 Å². The molecule has 3 heterocycles. The van der Waals surface area contributed by atoms with Crippen LogP contribution in [0.15, 0.2) is 27.4 Å². The number of anilines is 1. The Bertz CT molecular complexity index is 2070. The Balaban J connectivity index is 1.29. The van der Waals surface area contributed by atoms with E-state index in [0.29, 0.717) is 37.0 Å². The topological polar surface area (TPSA) is 142 Å². The second-order valence-corrected chi connectivity index (χ2v) is 16.2. The predicted molar refractivity (Wildman–Crippen MR) is 195 cm³/mol. The number of nitrogens with zero attached hydrogens (tertiary/aromatic N) is 4. The number of methoxy groups -OCH3 is 1. The molecule has 2 fully saturated rings. The highest BCUT2D eigenvalue weighted by Crippen LogP contribution is 2.37. The minimum absolute atomic E-state index is 0.0931. The molecule has 2 aromatic carbocycles. The van der Waals surface area contributed by atoms with Crippen LogP contribution < -0.4 is 20.0 Å². The molecule has 0 radical (unpaired) electrons. The lowest BCUT2D eigenvalue weighted by Gasteiger charge is -2.41. The lowest BCUT2D eigenvalue weighted by molar-refractivity contribution is 0.0721. The lowest BCUT2D eigenvalue weighted by atomic mass is 9.92. The Hall–Kier alpha value is -4.05. The number of carbonyl (C=O) groups is 2. The lowest BCUT2D eigenvalue weighted by Crippen LogP contribution is -2.53. The van der Waals surface area contributed by atoms with Gasteiger partial charge < -0.3 is 23.7 Å². The molecular formula is C37H48FN5O8S. The van der Waals surface area contributed by atoms with E-state index >= 15 is 4.39 Å². The summed E-state index contributed by atoms with van der Waals surface area (Å²) in [6, 6.07) is 4.27. The standard InChI is InChI=1S/C37H48FN5O8S/c1-21(2)41(6)52(47,48)39-35(44)28-12-11-27(32(38)34(28)50-25-9-8-10-25)36(45)43-14-13-26-29(19-43)37(46)51-33-23(4)30(17-22(3)31(26)33)42-16-15-40(5)24(18-42)20-49-7/h11-12,17,21,24-25H,8-10,13-16,18-20H2,1-7H3,(H,39,44)/t24-/m1/s1. The summed E-state index contributed by atoms with van der Waals surface area (Å²) in [6.07, 6.45) is 2.08. The van der Waals surface area contributed by atoms with E-state index < -0.39 is 45.3 Å². The number of fused-ring (bicyclic) bond motifs is 3. The van der Waals surface area contributed by atoms with Crippen LogP contribution in [0.5, 0.6) is 5.75 Å². The third kappa shape index (κ3) is 7.03. The third-order valence-corrected chi connectivity index (χ3v) is 12.4. The maximum atomic E-state index is 16.3. The zero-order chi connectivity index (χ0) is 37.6. The predicted octanol–water partition coefficient (Wildman–Crippen LogP) is 3.76. The maximum Gasteiger partial charge on any atom is 0.341 e. The van der Waals surface area contributed by atoms with Crippen LogP contribution in [0, 0.1) is 19.7 Å². The fourth-order valence-corrected chi connectivity index (χ4v) is 8.20. The van der Waals surface area contributed by atoms with Crippen LogP contribution in [0.1, 0.15) is 76.1 Å². The van der Waals surface area contributed by atoms with E-state index in [0.717, 1.165) is 64.2 Å². The van der Waals surface area contributed by atoms with Crippen molar-refractivity contribution in [2.75, 3.05) is 58.9 Å². The van der Waals surface area contributed by atoms with Gasteiger partial charge in [-0.2, -0.15) is 12.7 Å². The zero-order valence-corrected chi connectivity index (χ0v) is 31.7. The van der Waals surface area contributed by atoms with E-state index in [-0.39, 0.29) is 36.4 Å². The molecule has 1 atom stereocenters. The Labute approximate surface area is 303 Å².